The van der Waals surface area contributed by atoms with Gasteiger partial charge in [0.1, 0.15) is 24.4 Å². The second kappa shape index (κ2) is 7.44. The van der Waals surface area contributed by atoms with Gasteiger partial charge in [-0.1, -0.05) is 0 Å². The molecule has 0 aliphatic carbocycles. The molecule has 1 unspecified atom stereocenters. The minimum atomic E-state index is -1.30. The van der Waals surface area contributed by atoms with E-state index >= 15 is 4.39 Å². The smallest absolute Gasteiger partial charge is 0.162 e. The maximum atomic E-state index is 15.1. The largest absolute Gasteiger partial charge is 0.486 e. The van der Waals surface area contributed by atoms with Crippen molar-refractivity contribution >= 4 is 16.9 Å². The average molecular weight is 395 g/mol. The molecule has 29 heavy (non-hydrogen) atoms. The van der Waals surface area contributed by atoms with Gasteiger partial charge in [0.15, 0.2) is 17.3 Å². The number of benzene rings is 1. The minimum Gasteiger partial charge on any atom is -0.486 e. The molecule has 2 aliphatic rings. The summed E-state index contributed by atoms with van der Waals surface area (Å²) >= 11 is 0. The molecular formula is C21H22FN5O2. The molecule has 0 saturated carbocycles. The Morgan fingerprint density at radius 1 is 1.10 bits per heavy atom. The lowest BCUT2D eigenvalue weighted by molar-refractivity contribution is 0.137. The summed E-state index contributed by atoms with van der Waals surface area (Å²) in [7, 11) is 0. The summed E-state index contributed by atoms with van der Waals surface area (Å²) in [4.78, 5) is 13.6. The summed E-state index contributed by atoms with van der Waals surface area (Å²) < 4.78 is 26.3. The van der Waals surface area contributed by atoms with Gasteiger partial charge in [0, 0.05) is 24.5 Å². The van der Waals surface area contributed by atoms with Gasteiger partial charge in [0.25, 0.3) is 0 Å². The number of nitrogens with one attached hydrogen (secondary N) is 2. The molecule has 0 radical (unpaired) electrons. The fourth-order valence-electron chi connectivity index (χ4n) is 3.77. The SMILES string of the molecule is FC1(CNc2nc(-c3ccc4c(c3)OCCO4)cc3nccnc23)CCCNC1. The molecule has 2 aliphatic heterocycles. The second-order valence-electron chi connectivity index (χ2n) is 7.42. The summed E-state index contributed by atoms with van der Waals surface area (Å²) in [5, 5.41) is 6.31. The summed E-state index contributed by atoms with van der Waals surface area (Å²) in [5.41, 5.74) is 1.61. The zero-order valence-electron chi connectivity index (χ0n) is 15.9. The first kappa shape index (κ1) is 18.1. The van der Waals surface area contributed by atoms with E-state index in [0.717, 1.165) is 24.3 Å². The fourth-order valence-corrected chi connectivity index (χ4v) is 3.77. The molecule has 0 spiro atoms. The molecule has 4 heterocycles. The molecule has 3 aromatic rings. The van der Waals surface area contributed by atoms with Crippen LogP contribution >= 0.6 is 0 Å². The molecule has 0 amide bonds. The Morgan fingerprint density at radius 3 is 2.83 bits per heavy atom. The third kappa shape index (κ3) is 3.67. The highest BCUT2D eigenvalue weighted by Crippen LogP contribution is 2.35. The molecule has 150 valence electrons. The van der Waals surface area contributed by atoms with Crippen LogP contribution in [0, 0.1) is 0 Å². The Labute approximate surface area is 167 Å². The van der Waals surface area contributed by atoms with E-state index in [1.54, 1.807) is 12.4 Å². The van der Waals surface area contributed by atoms with Gasteiger partial charge in [0.2, 0.25) is 0 Å². The van der Waals surface area contributed by atoms with E-state index in [1.807, 2.05) is 24.3 Å². The van der Waals surface area contributed by atoms with Crippen LogP contribution in [0.3, 0.4) is 0 Å². The molecule has 2 N–H and O–H groups in total. The average Bonchev–Trinajstić information content (AvgIpc) is 2.77. The summed E-state index contributed by atoms with van der Waals surface area (Å²) in [6.07, 6.45) is 4.61. The van der Waals surface area contributed by atoms with E-state index in [1.165, 1.54) is 0 Å². The number of fused-ring (bicyclic) bond motifs is 2. The number of hydrogen-bond acceptors (Lipinski definition) is 7. The van der Waals surface area contributed by atoms with Gasteiger partial charge in [-0.05, 0) is 43.7 Å². The summed E-state index contributed by atoms with van der Waals surface area (Å²) in [6, 6.07) is 7.60. The van der Waals surface area contributed by atoms with Crippen molar-refractivity contribution in [2.75, 3.05) is 38.2 Å². The van der Waals surface area contributed by atoms with Gasteiger partial charge >= 0.3 is 0 Å². The Bertz CT molecular complexity index is 1040. The highest BCUT2D eigenvalue weighted by atomic mass is 19.1. The lowest BCUT2D eigenvalue weighted by atomic mass is 9.96. The standard InChI is InChI=1S/C21H22FN5O2/c22-21(4-1-5-23-12-21)13-26-20-19-16(24-6-7-25-19)11-15(27-20)14-2-3-17-18(10-14)29-9-8-28-17/h2-3,6-7,10-11,23H,1,4-5,8-9,12-13H2,(H,26,27). The van der Waals surface area contributed by atoms with E-state index in [0.29, 0.717) is 54.5 Å². The number of hydrogen-bond donors (Lipinski definition) is 2. The third-order valence-corrected chi connectivity index (χ3v) is 5.29. The number of rotatable bonds is 4. The second-order valence-corrected chi connectivity index (χ2v) is 7.42. The quantitative estimate of drug-likeness (QED) is 0.703. The Kier molecular flexibility index (Phi) is 4.63. The van der Waals surface area contributed by atoms with Crippen LogP contribution in [0.4, 0.5) is 10.2 Å². The van der Waals surface area contributed by atoms with Crippen molar-refractivity contribution in [3.63, 3.8) is 0 Å². The number of piperidine rings is 1. The highest BCUT2D eigenvalue weighted by molar-refractivity contribution is 5.88. The third-order valence-electron chi connectivity index (χ3n) is 5.29. The van der Waals surface area contributed by atoms with Crippen molar-refractivity contribution in [3.05, 3.63) is 36.7 Å². The molecule has 2 aromatic heterocycles. The zero-order valence-corrected chi connectivity index (χ0v) is 15.9. The molecule has 7 nitrogen and oxygen atoms in total. The minimum absolute atomic E-state index is 0.170. The van der Waals surface area contributed by atoms with Crippen molar-refractivity contribution in [1.82, 2.24) is 20.3 Å². The topological polar surface area (TPSA) is 81.2 Å². The molecule has 1 fully saturated rings. The van der Waals surface area contributed by atoms with Gasteiger partial charge in [-0.15, -0.1) is 0 Å². The van der Waals surface area contributed by atoms with Crippen LogP contribution < -0.4 is 20.1 Å². The van der Waals surface area contributed by atoms with Gasteiger partial charge in [-0.2, -0.15) is 0 Å². The van der Waals surface area contributed by atoms with E-state index in [-0.39, 0.29) is 6.54 Å². The van der Waals surface area contributed by atoms with Crippen LogP contribution in [0.25, 0.3) is 22.3 Å². The first-order valence-corrected chi connectivity index (χ1v) is 9.86. The number of pyridine rings is 1. The van der Waals surface area contributed by atoms with Crippen LogP contribution in [0.2, 0.25) is 0 Å². The molecule has 5 rings (SSSR count). The van der Waals surface area contributed by atoms with Crippen LogP contribution in [-0.2, 0) is 0 Å². The normalized spacial score (nSPS) is 21.1. The van der Waals surface area contributed by atoms with E-state index in [4.69, 9.17) is 14.5 Å². The van der Waals surface area contributed by atoms with Crippen molar-refractivity contribution < 1.29 is 13.9 Å². The van der Waals surface area contributed by atoms with Crippen molar-refractivity contribution in [1.29, 1.82) is 0 Å². The molecule has 1 aromatic carbocycles. The predicted molar refractivity (Wildman–Crippen MR) is 108 cm³/mol. The monoisotopic (exact) mass is 395 g/mol. The van der Waals surface area contributed by atoms with Crippen LogP contribution in [0.15, 0.2) is 36.7 Å². The van der Waals surface area contributed by atoms with Crippen molar-refractivity contribution in [3.8, 4) is 22.8 Å². The number of nitrogens with zero attached hydrogens (tertiary/aromatic N) is 3. The van der Waals surface area contributed by atoms with E-state index < -0.39 is 5.67 Å². The van der Waals surface area contributed by atoms with Gasteiger partial charge < -0.3 is 20.1 Å². The van der Waals surface area contributed by atoms with Crippen LogP contribution in [0.1, 0.15) is 12.8 Å². The lowest BCUT2D eigenvalue weighted by Gasteiger charge is -2.30. The first-order chi connectivity index (χ1) is 14.2. The first-order valence-electron chi connectivity index (χ1n) is 9.86. The molecular weight excluding hydrogens is 373 g/mol. The number of aromatic nitrogens is 3. The van der Waals surface area contributed by atoms with E-state index in [9.17, 15) is 0 Å². The number of alkyl halides is 1. The number of ether oxygens (including phenoxy) is 2. The Balaban J connectivity index is 1.50. The summed E-state index contributed by atoms with van der Waals surface area (Å²) in [5.74, 6) is 1.95. The fraction of sp³-hybridized carbons (Fsp3) is 0.381. The van der Waals surface area contributed by atoms with Crippen LogP contribution in [0.5, 0.6) is 11.5 Å². The number of halogens is 1. The maximum absolute atomic E-state index is 15.1. The highest BCUT2D eigenvalue weighted by Gasteiger charge is 2.31. The van der Waals surface area contributed by atoms with Crippen molar-refractivity contribution in [2.24, 2.45) is 0 Å². The van der Waals surface area contributed by atoms with Gasteiger partial charge in [-0.25, -0.2) is 14.4 Å². The van der Waals surface area contributed by atoms with Crippen LogP contribution in [-0.4, -0.2) is 53.5 Å². The van der Waals surface area contributed by atoms with Crippen molar-refractivity contribution in [2.45, 2.75) is 18.5 Å². The zero-order chi connectivity index (χ0) is 19.7. The molecule has 8 heteroatoms. The maximum Gasteiger partial charge on any atom is 0.162 e. The lowest BCUT2D eigenvalue weighted by Crippen LogP contribution is -2.46. The Morgan fingerprint density at radius 2 is 1.97 bits per heavy atom. The molecule has 1 atom stereocenters. The predicted octanol–water partition coefficient (Wildman–Crippen LogP) is 2.97. The van der Waals surface area contributed by atoms with Gasteiger partial charge in [-0.3, -0.25) is 4.98 Å². The molecule has 1 saturated heterocycles. The number of anilines is 1. The van der Waals surface area contributed by atoms with E-state index in [2.05, 4.69) is 20.6 Å². The van der Waals surface area contributed by atoms with Gasteiger partial charge in [0.05, 0.1) is 17.8 Å². The Hall–Kier alpha value is -3.00. The molecule has 0 bridgehead atoms. The summed E-state index contributed by atoms with van der Waals surface area (Å²) in [6.45, 7) is 2.43.